The van der Waals surface area contributed by atoms with Gasteiger partial charge in [0.2, 0.25) is 0 Å². The Kier molecular flexibility index (Phi) is 2.92. The first-order chi connectivity index (χ1) is 7.36. The van der Waals surface area contributed by atoms with Crippen LogP contribution in [0.1, 0.15) is 6.42 Å². The third-order valence-electron chi connectivity index (χ3n) is 2.55. The normalized spacial score (nSPS) is 10.8. The molecular formula is C12H15NO2. The van der Waals surface area contributed by atoms with Crippen molar-refractivity contribution >= 4 is 10.9 Å². The summed E-state index contributed by atoms with van der Waals surface area (Å²) >= 11 is 0. The molecule has 0 aliphatic heterocycles. The molecule has 80 valence electrons. The molecule has 3 heteroatoms. The number of methoxy groups -OCH3 is 1. The summed E-state index contributed by atoms with van der Waals surface area (Å²) in [5, 5.41) is 9.92. The molecule has 15 heavy (non-hydrogen) atoms. The monoisotopic (exact) mass is 205 g/mol. The van der Waals surface area contributed by atoms with Gasteiger partial charge in [-0.05, 0) is 24.6 Å². The Morgan fingerprint density at radius 2 is 2.20 bits per heavy atom. The number of hydrogen-bond acceptors (Lipinski definition) is 2. The summed E-state index contributed by atoms with van der Waals surface area (Å²) in [6.07, 6.45) is 2.81. The van der Waals surface area contributed by atoms with Gasteiger partial charge in [0, 0.05) is 24.7 Å². The van der Waals surface area contributed by atoms with Gasteiger partial charge < -0.3 is 14.4 Å². The molecule has 1 aromatic heterocycles. The number of ether oxygens (including phenoxy) is 1. The van der Waals surface area contributed by atoms with Crippen LogP contribution in [0.2, 0.25) is 0 Å². The van der Waals surface area contributed by atoms with E-state index in [1.807, 2.05) is 24.4 Å². The van der Waals surface area contributed by atoms with Gasteiger partial charge in [-0.15, -0.1) is 0 Å². The molecule has 0 spiro atoms. The lowest BCUT2D eigenvalue weighted by Gasteiger charge is -2.05. The zero-order chi connectivity index (χ0) is 10.7. The zero-order valence-corrected chi connectivity index (χ0v) is 8.81. The van der Waals surface area contributed by atoms with E-state index in [4.69, 9.17) is 9.84 Å². The highest BCUT2D eigenvalue weighted by atomic mass is 16.5. The largest absolute Gasteiger partial charge is 0.496 e. The van der Waals surface area contributed by atoms with Gasteiger partial charge in [0.05, 0.1) is 12.6 Å². The Bertz CT molecular complexity index is 448. The van der Waals surface area contributed by atoms with Crippen LogP contribution in [0.3, 0.4) is 0 Å². The van der Waals surface area contributed by atoms with Crippen LogP contribution >= 0.6 is 0 Å². The first-order valence-corrected chi connectivity index (χ1v) is 5.09. The van der Waals surface area contributed by atoms with Crippen LogP contribution in [-0.2, 0) is 6.54 Å². The van der Waals surface area contributed by atoms with Crippen molar-refractivity contribution in [2.75, 3.05) is 13.7 Å². The highest BCUT2D eigenvalue weighted by molar-refractivity contribution is 5.86. The zero-order valence-electron chi connectivity index (χ0n) is 8.81. The summed E-state index contributed by atoms with van der Waals surface area (Å²) < 4.78 is 7.42. The highest BCUT2D eigenvalue weighted by Crippen LogP contribution is 2.26. The van der Waals surface area contributed by atoms with Crippen molar-refractivity contribution in [3.05, 3.63) is 30.5 Å². The van der Waals surface area contributed by atoms with E-state index in [1.165, 1.54) is 0 Å². The SMILES string of the molecule is COc1cccc2c1ccn2CCCO. The lowest BCUT2D eigenvalue weighted by Crippen LogP contribution is -1.98. The fraction of sp³-hybridized carbons (Fsp3) is 0.333. The number of aliphatic hydroxyl groups is 1. The van der Waals surface area contributed by atoms with E-state index in [9.17, 15) is 0 Å². The highest BCUT2D eigenvalue weighted by Gasteiger charge is 2.04. The second-order valence-corrected chi connectivity index (χ2v) is 3.48. The van der Waals surface area contributed by atoms with Gasteiger partial charge in [-0.1, -0.05) is 6.07 Å². The Hall–Kier alpha value is -1.48. The minimum atomic E-state index is 0.226. The molecule has 2 rings (SSSR count). The van der Waals surface area contributed by atoms with Crippen LogP contribution in [-0.4, -0.2) is 23.4 Å². The van der Waals surface area contributed by atoms with Crippen molar-refractivity contribution < 1.29 is 9.84 Å². The summed E-state index contributed by atoms with van der Waals surface area (Å²) in [7, 11) is 1.68. The van der Waals surface area contributed by atoms with E-state index in [1.54, 1.807) is 7.11 Å². The molecule has 1 aromatic carbocycles. The molecule has 1 N–H and O–H groups in total. The molecule has 0 unspecified atom stereocenters. The second kappa shape index (κ2) is 4.36. The maximum Gasteiger partial charge on any atom is 0.128 e. The topological polar surface area (TPSA) is 34.4 Å². The van der Waals surface area contributed by atoms with E-state index in [2.05, 4.69) is 10.6 Å². The number of aliphatic hydroxyl groups excluding tert-OH is 1. The quantitative estimate of drug-likeness (QED) is 0.828. The van der Waals surface area contributed by atoms with Gasteiger partial charge >= 0.3 is 0 Å². The summed E-state index contributed by atoms with van der Waals surface area (Å²) in [6, 6.07) is 8.05. The van der Waals surface area contributed by atoms with Crippen LogP contribution in [0, 0.1) is 0 Å². The summed E-state index contributed by atoms with van der Waals surface area (Å²) in [5.41, 5.74) is 1.16. The van der Waals surface area contributed by atoms with Crippen LogP contribution in [0.4, 0.5) is 0 Å². The van der Waals surface area contributed by atoms with Gasteiger partial charge in [-0.2, -0.15) is 0 Å². The molecule has 0 aliphatic carbocycles. The van der Waals surface area contributed by atoms with Crippen molar-refractivity contribution in [1.82, 2.24) is 4.57 Å². The summed E-state index contributed by atoms with van der Waals surface area (Å²) in [5.74, 6) is 0.898. The lowest BCUT2D eigenvalue weighted by atomic mass is 10.2. The Morgan fingerprint density at radius 1 is 1.33 bits per heavy atom. The standard InChI is InChI=1S/C12H15NO2/c1-15-12-5-2-4-11-10(12)6-8-13(11)7-3-9-14/h2,4-6,8,14H,3,7,9H2,1H3. The number of rotatable bonds is 4. The van der Waals surface area contributed by atoms with E-state index in [0.29, 0.717) is 0 Å². The third-order valence-corrected chi connectivity index (χ3v) is 2.55. The molecule has 0 atom stereocenters. The number of hydrogen-bond donors (Lipinski definition) is 1. The van der Waals surface area contributed by atoms with Gasteiger partial charge in [-0.25, -0.2) is 0 Å². The molecule has 2 aromatic rings. The van der Waals surface area contributed by atoms with Crippen LogP contribution in [0.25, 0.3) is 10.9 Å². The fourth-order valence-corrected chi connectivity index (χ4v) is 1.81. The van der Waals surface area contributed by atoms with Crippen molar-refractivity contribution in [2.45, 2.75) is 13.0 Å². The molecule has 0 saturated carbocycles. The average molecular weight is 205 g/mol. The molecule has 0 radical (unpaired) electrons. The molecule has 0 fully saturated rings. The molecule has 0 bridgehead atoms. The summed E-state index contributed by atoms with van der Waals surface area (Å²) in [4.78, 5) is 0. The van der Waals surface area contributed by atoms with E-state index >= 15 is 0 Å². The van der Waals surface area contributed by atoms with Crippen molar-refractivity contribution in [1.29, 1.82) is 0 Å². The molecule has 0 amide bonds. The number of nitrogens with zero attached hydrogens (tertiary/aromatic N) is 1. The van der Waals surface area contributed by atoms with Crippen LogP contribution in [0.5, 0.6) is 5.75 Å². The average Bonchev–Trinajstić information content (AvgIpc) is 2.69. The smallest absolute Gasteiger partial charge is 0.128 e. The second-order valence-electron chi connectivity index (χ2n) is 3.48. The maximum atomic E-state index is 8.80. The minimum Gasteiger partial charge on any atom is -0.496 e. The fourth-order valence-electron chi connectivity index (χ4n) is 1.81. The predicted molar refractivity (Wildman–Crippen MR) is 60.2 cm³/mol. The van der Waals surface area contributed by atoms with E-state index < -0.39 is 0 Å². The van der Waals surface area contributed by atoms with Crippen LogP contribution < -0.4 is 4.74 Å². The predicted octanol–water partition coefficient (Wildman–Crippen LogP) is 2.03. The van der Waals surface area contributed by atoms with E-state index in [0.717, 1.165) is 29.6 Å². The molecular weight excluding hydrogens is 190 g/mol. The number of aryl methyl sites for hydroxylation is 1. The Balaban J connectivity index is 2.42. The number of aromatic nitrogens is 1. The van der Waals surface area contributed by atoms with Gasteiger partial charge in [0.1, 0.15) is 5.75 Å². The molecule has 3 nitrogen and oxygen atoms in total. The summed E-state index contributed by atoms with van der Waals surface area (Å²) in [6.45, 7) is 1.07. The Labute approximate surface area is 88.9 Å². The molecule has 0 saturated heterocycles. The van der Waals surface area contributed by atoms with E-state index in [-0.39, 0.29) is 6.61 Å². The number of fused-ring (bicyclic) bond motifs is 1. The molecule has 0 aliphatic rings. The van der Waals surface area contributed by atoms with Crippen molar-refractivity contribution in [2.24, 2.45) is 0 Å². The first-order valence-electron chi connectivity index (χ1n) is 5.09. The van der Waals surface area contributed by atoms with Gasteiger partial charge in [0.15, 0.2) is 0 Å². The molecule has 1 heterocycles. The number of benzene rings is 1. The minimum absolute atomic E-state index is 0.226. The van der Waals surface area contributed by atoms with Crippen molar-refractivity contribution in [3.8, 4) is 5.75 Å². The van der Waals surface area contributed by atoms with Crippen LogP contribution in [0.15, 0.2) is 30.5 Å². The maximum absolute atomic E-state index is 8.80. The van der Waals surface area contributed by atoms with Crippen molar-refractivity contribution in [3.63, 3.8) is 0 Å². The van der Waals surface area contributed by atoms with Gasteiger partial charge in [-0.3, -0.25) is 0 Å². The van der Waals surface area contributed by atoms with Gasteiger partial charge in [0.25, 0.3) is 0 Å². The first kappa shape index (κ1) is 10.1. The lowest BCUT2D eigenvalue weighted by molar-refractivity contribution is 0.280. The third kappa shape index (κ3) is 1.83. The Morgan fingerprint density at radius 3 is 2.93 bits per heavy atom.